The highest BCUT2D eigenvalue weighted by Gasteiger charge is 2.28. The SMILES string of the molecule is CC(C)C[C@H](NC(=O)[C@H](Cc1c[nH]c2ccccc12)NC(=O)[C@@H](C)N)C(=O)NCc1ccccc1. The Kier molecular flexibility index (Phi) is 9.03. The molecule has 0 saturated heterocycles. The molecule has 0 saturated carbocycles. The average molecular weight is 478 g/mol. The standard InChI is InChI=1S/C27H35N5O3/c1-17(2)13-23(26(34)30-15-19-9-5-4-6-10-19)32-27(35)24(31-25(33)18(3)28)14-20-16-29-22-12-8-7-11-21(20)22/h4-12,16-18,23-24,29H,13-15,28H2,1-3H3,(H,30,34)(H,31,33)(H,32,35)/t18-,23+,24+/m1/s1. The van der Waals surface area contributed by atoms with Crippen molar-refractivity contribution >= 4 is 28.6 Å². The smallest absolute Gasteiger partial charge is 0.243 e. The van der Waals surface area contributed by atoms with E-state index >= 15 is 0 Å². The minimum Gasteiger partial charge on any atom is -0.361 e. The summed E-state index contributed by atoms with van der Waals surface area (Å²) in [7, 11) is 0. The summed E-state index contributed by atoms with van der Waals surface area (Å²) < 4.78 is 0. The van der Waals surface area contributed by atoms with Crippen molar-refractivity contribution in [2.75, 3.05) is 0 Å². The molecule has 0 unspecified atom stereocenters. The van der Waals surface area contributed by atoms with Crippen LogP contribution in [0.2, 0.25) is 0 Å². The van der Waals surface area contributed by atoms with Gasteiger partial charge in [0.05, 0.1) is 6.04 Å². The number of aromatic amines is 1. The average Bonchev–Trinajstić information content (AvgIpc) is 3.24. The van der Waals surface area contributed by atoms with Crippen molar-refractivity contribution in [1.82, 2.24) is 20.9 Å². The van der Waals surface area contributed by atoms with E-state index in [4.69, 9.17) is 5.73 Å². The number of rotatable bonds is 11. The molecule has 1 heterocycles. The zero-order chi connectivity index (χ0) is 25.4. The Morgan fingerprint density at radius 2 is 1.51 bits per heavy atom. The lowest BCUT2D eigenvalue weighted by Gasteiger charge is -2.25. The summed E-state index contributed by atoms with van der Waals surface area (Å²) in [5.74, 6) is -0.947. The Labute approximate surface area is 206 Å². The zero-order valence-corrected chi connectivity index (χ0v) is 20.5. The van der Waals surface area contributed by atoms with E-state index in [2.05, 4.69) is 20.9 Å². The highest BCUT2D eigenvalue weighted by molar-refractivity contribution is 5.93. The first-order valence-corrected chi connectivity index (χ1v) is 12.0. The lowest BCUT2D eigenvalue weighted by molar-refractivity contribution is -0.132. The van der Waals surface area contributed by atoms with Crippen LogP contribution in [-0.4, -0.2) is 40.8 Å². The molecule has 0 bridgehead atoms. The molecule has 6 N–H and O–H groups in total. The number of benzene rings is 2. The minimum absolute atomic E-state index is 0.175. The number of nitrogens with one attached hydrogen (secondary N) is 4. The second kappa shape index (κ2) is 12.2. The van der Waals surface area contributed by atoms with Crippen LogP contribution in [0.25, 0.3) is 10.9 Å². The Hall–Kier alpha value is -3.65. The summed E-state index contributed by atoms with van der Waals surface area (Å²) >= 11 is 0. The van der Waals surface area contributed by atoms with E-state index < -0.39 is 29.9 Å². The van der Waals surface area contributed by atoms with Gasteiger partial charge >= 0.3 is 0 Å². The van der Waals surface area contributed by atoms with E-state index in [1.165, 1.54) is 0 Å². The number of H-pyrrole nitrogens is 1. The number of carbonyl (C=O) groups is 3. The Balaban J connectivity index is 1.76. The van der Waals surface area contributed by atoms with Crippen LogP contribution in [0.15, 0.2) is 60.8 Å². The van der Waals surface area contributed by atoms with Crippen LogP contribution < -0.4 is 21.7 Å². The maximum atomic E-state index is 13.4. The van der Waals surface area contributed by atoms with Gasteiger partial charge in [0, 0.05) is 30.1 Å². The predicted octanol–water partition coefficient (Wildman–Crippen LogP) is 2.39. The van der Waals surface area contributed by atoms with Gasteiger partial charge in [-0.2, -0.15) is 0 Å². The summed E-state index contributed by atoms with van der Waals surface area (Å²) in [4.78, 5) is 42.0. The third-order valence-electron chi connectivity index (χ3n) is 5.80. The first-order valence-electron chi connectivity index (χ1n) is 12.0. The molecule has 8 nitrogen and oxygen atoms in total. The fourth-order valence-corrected chi connectivity index (χ4v) is 3.92. The van der Waals surface area contributed by atoms with Gasteiger partial charge in [-0.25, -0.2) is 0 Å². The van der Waals surface area contributed by atoms with Crippen molar-refractivity contribution in [3.05, 3.63) is 71.9 Å². The topological polar surface area (TPSA) is 129 Å². The number of carbonyl (C=O) groups excluding carboxylic acids is 3. The number of para-hydroxylation sites is 1. The third kappa shape index (κ3) is 7.42. The fraction of sp³-hybridized carbons (Fsp3) is 0.370. The summed E-state index contributed by atoms with van der Waals surface area (Å²) in [6.07, 6.45) is 2.56. The second-order valence-corrected chi connectivity index (χ2v) is 9.31. The molecule has 0 spiro atoms. The minimum atomic E-state index is -0.885. The van der Waals surface area contributed by atoms with Crippen molar-refractivity contribution < 1.29 is 14.4 Å². The quantitative estimate of drug-likeness (QED) is 0.290. The number of fused-ring (bicyclic) bond motifs is 1. The molecule has 186 valence electrons. The molecule has 1 aromatic heterocycles. The number of hydrogen-bond donors (Lipinski definition) is 5. The van der Waals surface area contributed by atoms with Gasteiger partial charge in [0.25, 0.3) is 0 Å². The molecule has 3 amide bonds. The number of aromatic nitrogens is 1. The van der Waals surface area contributed by atoms with Crippen LogP contribution in [0.3, 0.4) is 0 Å². The van der Waals surface area contributed by atoms with Gasteiger partial charge < -0.3 is 26.7 Å². The number of nitrogens with two attached hydrogens (primary N) is 1. The van der Waals surface area contributed by atoms with Crippen LogP contribution in [0.4, 0.5) is 0 Å². The molecule has 35 heavy (non-hydrogen) atoms. The van der Waals surface area contributed by atoms with Crippen molar-refractivity contribution in [2.24, 2.45) is 11.7 Å². The molecule has 0 aliphatic rings. The van der Waals surface area contributed by atoms with Gasteiger partial charge in [-0.05, 0) is 36.5 Å². The highest BCUT2D eigenvalue weighted by atomic mass is 16.2. The Morgan fingerprint density at radius 3 is 2.20 bits per heavy atom. The largest absolute Gasteiger partial charge is 0.361 e. The molecule has 2 aromatic carbocycles. The first-order chi connectivity index (χ1) is 16.7. The van der Waals surface area contributed by atoms with Crippen molar-refractivity contribution in [3.63, 3.8) is 0 Å². The van der Waals surface area contributed by atoms with E-state index in [9.17, 15) is 14.4 Å². The molecular formula is C27H35N5O3. The third-order valence-corrected chi connectivity index (χ3v) is 5.80. The predicted molar refractivity (Wildman–Crippen MR) is 137 cm³/mol. The van der Waals surface area contributed by atoms with Crippen LogP contribution in [-0.2, 0) is 27.3 Å². The Bertz CT molecular complexity index is 1140. The monoisotopic (exact) mass is 477 g/mol. The highest BCUT2D eigenvalue weighted by Crippen LogP contribution is 2.19. The number of amides is 3. The normalized spacial score (nSPS) is 13.7. The van der Waals surface area contributed by atoms with Crippen molar-refractivity contribution in [3.8, 4) is 0 Å². The van der Waals surface area contributed by atoms with Crippen LogP contribution in [0.5, 0.6) is 0 Å². The molecular weight excluding hydrogens is 442 g/mol. The van der Waals surface area contributed by atoms with E-state index in [0.717, 1.165) is 22.0 Å². The summed E-state index contributed by atoms with van der Waals surface area (Å²) in [6.45, 7) is 5.91. The molecule has 0 aliphatic heterocycles. The lowest BCUT2D eigenvalue weighted by Crippen LogP contribution is -2.56. The maximum absolute atomic E-state index is 13.4. The molecule has 0 fully saturated rings. The van der Waals surface area contributed by atoms with Gasteiger partial charge in [0.1, 0.15) is 12.1 Å². The molecule has 3 aromatic rings. The van der Waals surface area contributed by atoms with E-state index in [0.29, 0.717) is 13.0 Å². The summed E-state index contributed by atoms with van der Waals surface area (Å²) in [6, 6.07) is 15.0. The van der Waals surface area contributed by atoms with E-state index in [1.54, 1.807) is 6.92 Å². The van der Waals surface area contributed by atoms with E-state index in [-0.39, 0.29) is 18.2 Å². The fourth-order valence-electron chi connectivity index (χ4n) is 3.92. The van der Waals surface area contributed by atoms with Crippen molar-refractivity contribution in [1.29, 1.82) is 0 Å². The van der Waals surface area contributed by atoms with Gasteiger partial charge in [-0.1, -0.05) is 62.4 Å². The van der Waals surface area contributed by atoms with Gasteiger partial charge in [0.2, 0.25) is 17.7 Å². The molecule has 3 atom stereocenters. The summed E-state index contributed by atoms with van der Waals surface area (Å²) in [5, 5.41) is 9.51. The van der Waals surface area contributed by atoms with Gasteiger partial charge in [-0.3, -0.25) is 14.4 Å². The van der Waals surface area contributed by atoms with E-state index in [1.807, 2.05) is 74.6 Å². The van der Waals surface area contributed by atoms with Crippen LogP contribution >= 0.6 is 0 Å². The molecule has 0 aliphatic carbocycles. The second-order valence-electron chi connectivity index (χ2n) is 9.31. The Morgan fingerprint density at radius 1 is 0.857 bits per heavy atom. The van der Waals surface area contributed by atoms with Crippen molar-refractivity contribution in [2.45, 2.75) is 58.3 Å². The molecule has 0 radical (unpaired) electrons. The van der Waals surface area contributed by atoms with Crippen LogP contribution in [0.1, 0.15) is 38.3 Å². The maximum Gasteiger partial charge on any atom is 0.243 e. The van der Waals surface area contributed by atoms with Gasteiger partial charge in [0.15, 0.2) is 0 Å². The molecule has 8 heteroatoms. The first kappa shape index (κ1) is 26.0. The number of hydrogen-bond acceptors (Lipinski definition) is 4. The summed E-state index contributed by atoms with van der Waals surface area (Å²) in [5.41, 5.74) is 8.55. The van der Waals surface area contributed by atoms with Gasteiger partial charge in [-0.15, -0.1) is 0 Å². The lowest BCUT2D eigenvalue weighted by atomic mass is 10.0. The zero-order valence-electron chi connectivity index (χ0n) is 20.5. The molecule has 3 rings (SSSR count). The van der Waals surface area contributed by atoms with Crippen LogP contribution in [0, 0.1) is 5.92 Å².